The van der Waals surface area contributed by atoms with E-state index in [0.717, 1.165) is 38.2 Å². The molecule has 1 aromatic carbocycles. The second-order valence-electron chi connectivity index (χ2n) is 5.08. The summed E-state index contributed by atoms with van der Waals surface area (Å²) in [5, 5.41) is 0. The summed E-state index contributed by atoms with van der Waals surface area (Å²) in [7, 11) is 1.99. The number of nitrogens with zero attached hydrogens (tertiary/aromatic N) is 1. The molecule has 0 atom stereocenters. The minimum absolute atomic E-state index is 0.219. The van der Waals surface area contributed by atoms with Gasteiger partial charge in [-0.2, -0.15) is 0 Å². The fourth-order valence-electron chi connectivity index (χ4n) is 2.35. The Morgan fingerprint density at radius 1 is 1.44 bits per heavy atom. The topological polar surface area (TPSA) is 29.5 Å². The summed E-state index contributed by atoms with van der Waals surface area (Å²) >= 11 is 0. The van der Waals surface area contributed by atoms with Crippen molar-refractivity contribution in [2.45, 2.75) is 26.2 Å². The van der Waals surface area contributed by atoms with Gasteiger partial charge in [-0.25, -0.2) is 0 Å². The third kappa shape index (κ3) is 3.57. The molecular formula is C15H21NO2. The molecule has 0 aliphatic carbocycles. The molecule has 0 N–H and O–H groups in total. The fraction of sp³-hybridized carbons (Fsp3) is 0.533. The number of hydrogen-bond donors (Lipinski definition) is 0. The Hall–Kier alpha value is -1.35. The fourth-order valence-corrected chi connectivity index (χ4v) is 2.35. The number of Topliss-reactive ketones (excluding diaryl/α,β-unsaturated/α-hetero) is 1. The quantitative estimate of drug-likeness (QED) is 0.798. The van der Waals surface area contributed by atoms with Crippen molar-refractivity contribution in [2.75, 3.05) is 26.7 Å². The number of fused-ring (bicyclic) bond motifs is 1. The van der Waals surface area contributed by atoms with Crippen molar-refractivity contribution in [3.05, 3.63) is 29.3 Å². The number of ether oxygens (including phenoxy) is 1. The summed E-state index contributed by atoms with van der Waals surface area (Å²) in [5.41, 5.74) is 2.66. The van der Waals surface area contributed by atoms with E-state index in [1.54, 1.807) is 6.92 Å². The SMILES string of the molecule is CC(=O)CN(C)CCc1ccc2c(c1)CCCO2. The van der Waals surface area contributed by atoms with Gasteiger partial charge in [-0.15, -0.1) is 0 Å². The minimum Gasteiger partial charge on any atom is -0.493 e. The lowest BCUT2D eigenvalue weighted by Gasteiger charge is -2.19. The predicted octanol–water partition coefficient (Wildman–Crippen LogP) is 2.07. The van der Waals surface area contributed by atoms with Crippen molar-refractivity contribution in [1.82, 2.24) is 4.90 Å². The summed E-state index contributed by atoms with van der Waals surface area (Å²) in [5.74, 6) is 1.26. The Balaban J connectivity index is 1.91. The lowest BCUT2D eigenvalue weighted by Crippen LogP contribution is -2.26. The predicted molar refractivity (Wildman–Crippen MR) is 72.1 cm³/mol. The smallest absolute Gasteiger partial charge is 0.143 e. The highest BCUT2D eigenvalue weighted by molar-refractivity contribution is 5.77. The summed E-state index contributed by atoms with van der Waals surface area (Å²) in [6, 6.07) is 6.46. The van der Waals surface area contributed by atoms with E-state index < -0.39 is 0 Å². The molecule has 0 amide bonds. The summed E-state index contributed by atoms with van der Waals surface area (Å²) in [6.07, 6.45) is 3.21. The molecule has 98 valence electrons. The van der Waals surface area contributed by atoms with Crippen molar-refractivity contribution < 1.29 is 9.53 Å². The number of carbonyl (C=O) groups excluding carboxylic acids is 1. The van der Waals surface area contributed by atoms with E-state index in [0.29, 0.717) is 6.54 Å². The third-order valence-electron chi connectivity index (χ3n) is 3.25. The monoisotopic (exact) mass is 247 g/mol. The van der Waals surface area contributed by atoms with Crippen molar-refractivity contribution in [2.24, 2.45) is 0 Å². The Morgan fingerprint density at radius 2 is 2.28 bits per heavy atom. The van der Waals surface area contributed by atoms with E-state index in [1.807, 2.05) is 7.05 Å². The van der Waals surface area contributed by atoms with Gasteiger partial charge in [-0.05, 0) is 50.4 Å². The number of likely N-dealkylation sites (N-methyl/N-ethyl adjacent to an activating group) is 1. The Kier molecular flexibility index (Phi) is 4.37. The van der Waals surface area contributed by atoms with Crippen LogP contribution < -0.4 is 4.74 Å². The van der Waals surface area contributed by atoms with Crippen molar-refractivity contribution in [3.63, 3.8) is 0 Å². The molecule has 0 saturated heterocycles. The molecule has 2 rings (SSSR count). The van der Waals surface area contributed by atoms with Crippen molar-refractivity contribution in [1.29, 1.82) is 0 Å². The molecular weight excluding hydrogens is 226 g/mol. The molecule has 0 fully saturated rings. The molecule has 3 heteroatoms. The van der Waals surface area contributed by atoms with Gasteiger partial charge in [0.15, 0.2) is 0 Å². The number of aryl methyl sites for hydroxylation is 1. The lowest BCUT2D eigenvalue weighted by atomic mass is 10.0. The highest BCUT2D eigenvalue weighted by Gasteiger charge is 2.10. The van der Waals surface area contributed by atoms with Gasteiger partial charge in [-0.3, -0.25) is 9.69 Å². The van der Waals surface area contributed by atoms with Gasteiger partial charge in [-0.1, -0.05) is 12.1 Å². The maximum atomic E-state index is 11.0. The molecule has 0 bridgehead atoms. The maximum absolute atomic E-state index is 11.0. The number of benzene rings is 1. The van der Waals surface area contributed by atoms with Gasteiger partial charge in [0, 0.05) is 6.54 Å². The Bertz CT molecular complexity index is 429. The van der Waals surface area contributed by atoms with Gasteiger partial charge < -0.3 is 4.74 Å². The van der Waals surface area contributed by atoms with Crippen LogP contribution in [0.1, 0.15) is 24.5 Å². The molecule has 1 heterocycles. The Morgan fingerprint density at radius 3 is 3.06 bits per heavy atom. The minimum atomic E-state index is 0.219. The van der Waals surface area contributed by atoms with E-state index in [-0.39, 0.29) is 5.78 Å². The standard InChI is InChI=1S/C15H21NO2/c1-12(17)11-16(2)8-7-13-5-6-15-14(10-13)4-3-9-18-15/h5-6,10H,3-4,7-9,11H2,1-2H3. The number of rotatable bonds is 5. The molecule has 1 aliphatic heterocycles. The second-order valence-corrected chi connectivity index (χ2v) is 5.08. The van der Waals surface area contributed by atoms with E-state index in [9.17, 15) is 4.79 Å². The largest absolute Gasteiger partial charge is 0.493 e. The normalized spacial score (nSPS) is 14.2. The second kappa shape index (κ2) is 6.01. The first kappa shape index (κ1) is 13.1. The average molecular weight is 247 g/mol. The zero-order valence-electron chi connectivity index (χ0n) is 11.2. The number of ketones is 1. The molecule has 0 saturated carbocycles. The summed E-state index contributed by atoms with van der Waals surface area (Å²) < 4.78 is 5.60. The molecule has 18 heavy (non-hydrogen) atoms. The van der Waals surface area contributed by atoms with Crippen molar-refractivity contribution >= 4 is 5.78 Å². The van der Waals surface area contributed by atoms with Crippen LogP contribution in [0.3, 0.4) is 0 Å². The van der Waals surface area contributed by atoms with Crippen LogP contribution >= 0.6 is 0 Å². The highest BCUT2D eigenvalue weighted by Crippen LogP contribution is 2.25. The lowest BCUT2D eigenvalue weighted by molar-refractivity contribution is -0.117. The zero-order valence-corrected chi connectivity index (χ0v) is 11.2. The van der Waals surface area contributed by atoms with Gasteiger partial charge in [0.1, 0.15) is 11.5 Å². The summed E-state index contributed by atoms with van der Waals surface area (Å²) in [6.45, 7) is 3.92. The first-order chi connectivity index (χ1) is 8.65. The summed E-state index contributed by atoms with van der Waals surface area (Å²) in [4.78, 5) is 13.1. The van der Waals surface area contributed by atoms with Gasteiger partial charge in [0.25, 0.3) is 0 Å². The first-order valence-corrected chi connectivity index (χ1v) is 6.58. The number of hydrogen-bond acceptors (Lipinski definition) is 3. The van der Waals surface area contributed by atoms with Crippen molar-refractivity contribution in [3.8, 4) is 5.75 Å². The van der Waals surface area contributed by atoms with Crippen LogP contribution in [0.15, 0.2) is 18.2 Å². The highest BCUT2D eigenvalue weighted by atomic mass is 16.5. The van der Waals surface area contributed by atoms with E-state index in [4.69, 9.17) is 4.74 Å². The number of carbonyl (C=O) groups is 1. The van der Waals surface area contributed by atoms with Crippen LogP contribution in [-0.4, -0.2) is 37.4 Å². The van der Waals surface area contributed by atoms with E-state index >= 15 is 0 Å². The molecule has 0 radical (unpaired) electrons. The molecule has 1 aromatic rings. The van der Waals surface area contributed by atoms with Gasteiger partial charge in [0.05, 0.1) is 13.2 Å². The molecule has 3 nitrogen and oxygen atoms in total. The van der Waals surface area contributed by atoms with Gasteiger partial charge in [0.2, 0.25) is 0 Å². The first-order valence-electron chi connectivity index (χ1n) is 6.58. The molecule has 0 unspecified atom stereocenters. The van der Waals surface area contributed by atoms with Gasteiger partial charge >= 0.3 is 0 Å². The molecule has 1 aliphatic rings. The van der Waals surface area contributed by atoms with Crippen LogP contribution in [0.4, 0.5) is 0 Å². The molecule has 0 aromatic heterocycles. The maximum Gasteiger partial charge on any atom is 0.143 e. The van der Waals surface area contributed by atoms with E-state index in [2.05, 4.69) is 23.1 Å². The molecule has 0 spiro atoms. The van der Waals surface area contributed by atoms with Crippen LogP contribution in [0, 0.1) is 0 Å². The third-order valence-corrected chi connectivity index (χ3v) is 3.25. The Labute approximate surface area is 109 Å². The van der Waals surface area contributed by atoms with Crippen LogP contribution in [0.25, 0.3) is 0 Å². The van der Waals surface area contributed by atoms with Crippen LogP contribution in [0.5, 0.6) is 5.75 Å². The van der Waals surface area contributed by atoms with Crippen LogP contribution in [-0.2, 0) is 17.6 Å². The average Bonchev–Trinajstić information content (AvgIpc) is 2.35. The van der Waals surface area contributed by atoms with E-state index in [1.165, 1.54) is 11.1 Å². The van der Waals surface area contributed by atoms with Crippen LogP contribution in [0.2, 0.25) is 0 Å². The zero-order chi connectivity index (χ0) is 13.0.